The smallest absolute Gasteiger partial charge is 0.336 e. The lowest BCUT2D eigenvalue weighted by Gasteiger charge is -2.10. The lowest BCUT2D eigenvalue weighted by Crippen LogP contribution is -1.99. The van der Waals surface area contributed by atoms with Crippen LogP contribution in [0.2, 0.25) is 0 Å². The molecule has 0 atom stereocenters. The van der Waals surface area contributed by atoms with Crippen LogP contribution in [0, 0.1) is 0 Å². The molecular formula is C25H38O4. The molecule has 0 unspecified atom stereocenters. The number of hydrogen-bond donors (Lipinski definition) is 1. The monoisotopic (exact) mass is 402 g/mol. The van der Waals surface area contributed by atoms with Gasteiger partial charge in [0.1, 0.15) is 11.3 Å². The van der Waals surface area contributed by atoms with E-state index in [1.807, 2.05) is 18.2 Å². The second-order valence-electron chi connectivity index (χ2n) is 7.99. The van der Waals surface area contributed by atoms with E-state index in [1.165, 1.54) is 76.7 Å². The highest BCUT2D eigenvalue weighted by Gasteiger charge is 2.11. The number of unbranched alkanes of at least 4 members (excludes halogenated alkanes) is 12. The fourth-order valence-electron chi connectivity index (χ4n) is 3.96. The van der Waals surface area contributed by atoms with E-state index in [1.54, 1.807) is 7.11 Å². The van der Waals surface area contributed by atoms with Crippen LogP contribution in [0.4, 0.5) is 0 Å². The van der Waals surface area contributed by atoms with Crippen molar-refractivity contribution >= 4 is 11.0 Å². The summed E-state index contributed by atoms with van der Waals surface area (Å²) in [6.45, 7) is 0.339. The molecule has 0 amide bonds. The van der Waals surface area contributed by atoms with Gasteiger partial charge < -0.3 is 14.3 Å². The summed E-state index contributed by atoms with van der Waals surface area (Å²) in [4.78, 5) is 11.6. The van der Waals surface area contributed by atoms with Gasteiger partial charge in [-0.05, 0) is 37.5 Å². The van der Waals surface area contributed by atoms with Gasteiger partial charge in [0.15, 0.2) is 0 Å². The van der Waals surface area contributed by atoms with E-state index in [-0.39, 0.29) is 5.63 Å². The molecule has 29 heavy (non-hydrogen) atoms. The van der Waals surface area contributed by atoms with E-state index in [0.717, 1.165) is 36.0 Å². The molecule has 0 saturated carbocycles. The summed E-state index contributed by atoms with van der Waals surface area (Å²) in [6.07, 6.45) is 17.2. The summed E-state index contributed by atoms with van der Waals surface area (Å²) in [7, 11) is 1.67. The molecule has 1 N–H and O–H groups in total. The van der Waals surface area contributed by atoms with Gasteiger partial charge in [0.05, 0.1) is 7.11 Å². The van der Waals surface area contributed by atoms with Crippen molar-refractivity contribution in [2.45, 2.75) is 89.9 Å². The molecule has 0 aliphatic rings. The molecule has 0 radical (unpaired) electrons. The van der Waals surface area contributed by atoms with Crippen molar-refractivity contribution in [3.05, 3.63) is 40.2 Å². The Morgan fingerprint density at radius 3 is 1.83 bits per heavy atom. The van der Waals surface area contributed by atoms with Gasteiger partial charge in [-0.1, -0.05) is 70.6 Å². The largest absolute Gasteiger partial charge is 0.496 e. The zero-order chi connectivity index (χ0) is 20.7. The SMILES string of the molecule is COc1ccc2ccc(=O)oc2c1CCCCCCCCCCCCCCCO. The van der Waals surface area contributed by atoms with E-state index in [4.69, 9.17) is 14.3 Å². The lowest BCUT2D eigenvalue weighted by molar-refractivity contribution is 0.282. The molecule has 0 fully saturated rings. The molecule has 0 spiro atoms. The Hall–Kier alpha value is -1.81. The van der Waals surface area contributed by atoms with Gasteiger partial charge in [0.25, 0.3) is 0 Å². The fourth-order valence-corrected chi connectivity index (χ4v) is 3.96. The molecule has 1 aromatic heterocycles. The maximum absolute atomic E-state index is 11.6. The van der Waals surface area contributed by atoms with Gasteiger partial charge in [-0.25, -0.2) is 4.79 Å². The second-order valence-corrected chi connectivity index (χ2v) is 7.99. The van der Waals surface area contributed by atoms with Crippen molar-refractivity contribution in [2.24, 2.45) is 0 Å². The molecule has 1 heterocycles. The number of aryl methyl sites for hydroxylation is 1. The summed E-state index contributed by atoms with van der Waals surface area (Å²) < 4.78 is 10.9. The minimum atomic E-state index is -0.308. The van der Waals surface area contributed by atoms with Gasteiger partial charge in [-0.2, -0.15) is 0 Å². The maximum atomic E-state index is 11.6. The molecule has 0 bridgehead atoms. The Bertz CT molecular complexity index is 750. The van der Waals surface area contributed by atoms with E-state index in [0.29, 0.717) is 12.2 Å². The second kappa shape index (κ2) is 14.2. The first-order valence-electron chi connectivity index (χ1n) is 11.5. The van der Waals surface area contributed by atoms with Crippen LogP contribution in [-0.4, -0.2) is 18.8 Å². The van der Waals surface area contributed by atoms with Gasteiger partial charge >= 0.3 is 5.63 Å². The van der Waals surface area contributed by atoms with E-state index in [9.17, 15) is 4.79 Å². The first-order chi connectivity index (χ1) is 14.3. The van der Waals surface area contributed by atoms with Gasteiger partial charge in [-0.15, -0.1) is 0 Å². The molecule has 162 valence electrons. The highest BCUT2D eigenvalue weighted by molar-refractivity contribution is 5.82. The number of fused-ring (bicyclic) bond motifs is 1. The van der Waals surface area contributed by atoms with Crippen LogP contribution >= 0.6 is 0 Å². The average molecular weight is 403 g/mol. The maximum Gasteiger partial charge on any atom is 0.336 e. The molecule has 0 aliphatic carbocycles. The quantitative estimate of drug-likeness (QED) is 0.260. The van der Waals surface area contributed by atoms with Crippen molar-refractivity contribution in [2.75, 3.05) is 13.7 Å². The van der Waals surface area contributed by atoms with Gasteiger partial charge in [-0.3, -0.25) is 0 Å². The molecule has 2 aromatic rings. The Balaban J connectivity index is 1.58. The van der Waals surface area contributed by atoms with Crippen LogP contribution in [-0.2, 0) is 6.42 Å². The minimum absolute atomic E-state index is 0.308. The molecule has 2 rings (SSSR count). The van der Waals surface area contributed by atoms with Crippen LogP contribution < -0.4 is 10.4 Å². The fraction of sp³-hybridized carbons (Fsp3) is 0.640. The average Bonchev–Trinajstić information content (AvgIpc) is 2.73. The Labute approximate surface area is 175 Å². The van der Waals surface area contributed by atoms with E-state index in [2.05, 4.69) is 0 Å². The van der Waals surface area contributed by atoms with Crippen molar-refractivity contribution in [1.29, 1.82) is 0 Å². The molecule has 0 saturated heterocycles. The predicted molar refractivity (Wildman–Crippen MR) is 120 cm³/mol. The van der Waals surface area contributed by atoms with Crippen molar-refractivity contribution in [3.8, 4) is 5.75 Å². The summed E-state index contributed by atoms with van der Waals surface area (Å²) in [5, 5.41) is 9.71. The van der Waals surface area contributed by atoms with Crippen LogP contribution in [0.15, 0.2) is 33.5 Å². The molecule has 4 nitrogen and oxygen atoms in total. The first kappa shape index (κ1) is 23.5. The van der Waals surface area contributed by atoms with E-state index < -0.39 is 0 Å². The number of benzene rings is 1. The highest BCUT2D eigenvalue weighted by Crippen LogP contribution is 2.29. The lowest BCUT2D eigenvalue weighted by atomic mass is 10.0. The topological polar surface area (TPSA) is 59.7 Å². The molecule has 0 aliphatic heterocycles. The number of rotatable bonds is 16. The summed E-state index contributed by atoms with van der Waals surface area (Å²) in [5.74, 6) is 0.809. The Morgan fingerprint density at radius 1 is 0.759 bits per heavy atom. The third-order valence-corrected chi connectivity index (χ3v) is 5.65. The Kier molecular flexibility index (Phi) is 11.5. The molecule has 1 aromatic carbocycles. The number of hydrogen-bond acceptors (Lipinski definition) is 4. The first-order valence-corrected chi connectivity index (χ1v) is 11.5. The number of ether oxygens (including phenoxy) is 1. The van der Waals surface area contributed by atoms with E-state index >= 15 is 0 Å². The highest BCUT2D eigenvalue weighted by atomic mass is 16.5. The standard InChI is InChI=1S/C25H38O4/c1-28-23-18-16-21-17-19-24(27)29-25(21)22(23)15-13-11-9-7-5-3-2-4-6-8-10-12-14-20-26/h16-19,26H,2-15,20H2,1H3. The Morgan fingerprint density at radius 2 is 1.28 bits per heavy atom. The normalized spacial score (nSPS) is 11.2. The number of aliphatic hydroxyl groups is 1. The third kappa shape index (κ3) is 8.61. The van der Waals surface area contributed by atoms with Gasteiger partial charge in [0.2, 0.25) is 0 Å². The molecular weight excluding hydrogens is 364 g/mol. The van der Waals surface area contributed by atoms with Crippen molar-refractivity contribution in [3.63, 3.8) is 0 Å². The third-order valence-electron chi connectivity index (χ3n) is 5.65. The minimum Gasteiger partial charge on any atom is -0.496 e. The van der Waals surface area contributed by atoms with Gasteiger partial charge in [0, 0.05) is 23.6 Å². The van der Waals surface area contributed by atoms with Crippen molar-refractivity contribution < 1.29 is 14.3 Å². The van der Waals surface area contributed by atoms with Crippen LogP contribution in [0.1, 0.15) is 89.0 Å². The zero-order valence-electron chi connectivity index (χ0n) is 18.1. The zero-order valence-corrected chi connectivity index (χ0v) is 18.1. The molecule has 4 heteroatoms. The van der Waals surface area contributed by atoms with Crippen LogP contribution in [0.25, 0.3) is 11.0 Å². The number of methoxy groups -OCH3 is 1. The van der Waals surface area contributed by atoms with Crippen LogP contribution in [0.3, 0.4) is 0 Å². The van der Waals surface area contributed by atoms with Crippen molar-refractivity contribution in [1.82, 2.24) is 0 Å². The van der Waals surface area contributed by atoms with Crippen LogP contribution in [0.5, 0.6) is 5.75 Å². The summed E-state index contributed by atoms with van der Waals surface area (Å²) in [6, 6.07) is 7.19. The number of aliphatic hydroxyl groups excluding tert-OH is 1. The predicted octanol–water partition coefficient (Wildman–Crippen LogP) is 6.41. The summed E-state index contributed by atoms with van der Waals surface area (Å²) in [5.41, 5.74) is 1.38. The summed E-state index contributed by atoms with van der Waals surface area (Å²) >= 11 is 0.